The van der Waals surface area contributed by atoms with E-state index in [1.165, 1.54) is 0 Å². The third-order valence-corrected chi connectivity index (χ3v) is 3.04. The molecule has 0 aromatic heterocycles. The predicted octanol–water partition coefficient (Wildman–Crippen LogP) is 0.806. The molecule has 1 saturated heterocycles. The van der Waals surface area contributed by atoms with E-state index in [0.29, 0.717) is 24.4 Å². The summed E-state index contributed by atoms with van der Waals surface area (Å²) in [6.45, 7) is 1.03. The van der Waals surface area contributed by atoms with Gasteiger partial charge in [-0.3, -0.25) is 4.79 Å². The van der Waals surface area contributed by atoms with Crippen LogP contribution >= 0.6 is 0 Å². The van der Waals surface area contributed by atoms with Crippen molar-refractivity contribution in [3.8, 4) is 11.8 Å². The lowest BCUT2D eigenvalue weighted by Gasteiger charge is -2.38. The van der Waals surface area contributed by atoms with E-state index in [0.717, 1.165) is 0 Å². The van der Waals surface area contributed by atoms with Crippen LogP contribution in [0.4, 0.5) is 4.79 Å². The zero-order chi connectivity index (χ0) is 15.2. The molecule has 0 saturated carbocycles. The average Bonchev–Trinajstić information content (AvgIpc) is 2.42. The van der Waals surface area contributed by atoms with Gasteiger partial charge in [0.25, 0.3) is 0 Å². The molecule has 7 heteroatoms. The van der Waals surface area contributed by atoms with Crippen LogP contribution in [0.3, 0.4) is 0 Å². The molecule has 1 aliphatic rings. The van der Waals surface area contributed by atoms with Crippen LogP contribution in [0.1, 0.15) is 12.0 Å². The number of benzene rings is 1. The molecule has 0 unspecified atom stereocenters. The van der Waals surface area contributed by atoms with Gasteiger partial charge in [0.1, 0.15) is 11.9 Å². The van der Waals surface area contributed by atoms with Crippen molar-refractivity contribution >= 4 is 12.0 Å². The molecule has 7 nitrogen and oxygen atoms in total. The number of nitriles is 1. The van der Waals surface area contributed by atoms with Gasteiger partial charge in [-0.05, 0) is 24.3 Å². The highest BCUT2D eigenvalue weighted by Gasteiger charge is 2.32. The molecule has 0 spiro atoms. The number of ether oxygens (including phenoxy) is 1. The first-order valence-electron chi connectivity index (χ1n) is 6.50. The largest absolute Gasteiger partial charge is 0.487 e. The molecule has 1 aliphatic heterocycles. The lowest BCUT2D eigenvalue weighted by atomic mass is 10.1. The first-order valence-corrected chi connectivity index (χ1v) is 6.50. The maximum atomic E-state index is 11.6. The average molecular weight is 289 g/mol. The van der Waals surface area contributed by atoms with Crippen molar-refractivity contribution in [2.24, 2.45) is 0 Å². The minimum absolute atomic E-state index is 0.0804. The van der Waals surface area contributed by atoms with Gasteiger partial charge in [0, 0.05) is 6.54 Å². The Balaban J connectivity index is 1.70. The monoisotopic (exact) mass is 289 g/mol. The molecule has 0 radical (unpaired) electrons. The number of likely N-dealkylation sites (tertiary alicyclic amines) is 1. The zero-order valence-corrected chi connectivity index (χ0v) is 11.3. The molecule has 0 atom stereocenters. The highest BCUT2D eigenvalue weighted by molar-refractivity contribution is 5.76. The highest BCUT2D eigenvalue weighted by atomic mass is 16.5. The number of hydrogen-bond acceptors (Lipinski definition) is 4. The zero-order valence-electron chi connectivity index (χ0n) is 11.3. The second kappa shape index (κ2) is 6.61. The van der Waals surface area contributed by atoms with E-state index in [9.17, 15) is 9.59 Å². The van der Waals surface area contributed by atoms with E-state index < -0.39 is 5.97 Å². The van der Waals surface area contributed by atoms with Gasteiger partial charge >= 0.3 is 12.0 Å². The molecule has 2 amide bonds. The molecule has 2 N–H and O–H groups in total. The van der Waals surface area contributed by atoms with Crippen LogP contribution in [0.15, 0.2) is 24.3 Å². The number of aliphatic carboxylic acids is 1. The summed E-state index contributed by atoms with van der Waals surface area (Å²) in [7, 11) is 0. The summed E-state index contributed by atoms with van der Waals surface area (Å²) in [5, 5.41) is 19.7. The third kappa shape index (κ3) is 4.11. The lowest BCUT2D eigenvalue weighted by molar-refractivity contribution is -0.136. The Labute approximate surface area is 121 Å². The Morgan fingerprint density at radius 3 is 2.62 bits per heavy atom. The van der Waals surface area contributed by atoms with E-state index in [2.05, 4.69) is 5.32 Å². The number of nitrogens with zero attached hydrogens (tertiary/aromatic N) is 2. The van der Waals surface area contributed by atoms with Gasteiger partial charge in [0.05, 0.1) is 31.1 Å². The Morgan fingerprint density at radius 2 is 2.05 bits per heavy atom. The fourth-order valence-electron chi connectivity index (χ4n) is 1.87. The molecule has 1 heterocycles. The van der Waals surface area contributed by atoms with Crippen molar-refractivity contribution in [1.82, 2.24) is 10.2 Å². The van der Waals surface area contributed by atoms with Crippen LogP contribution in [0.2, 0.25) is 0 Å². The van der Waals surface area contributed by atoms with Gasteiger partial charge in [-0.15, -0.1) is 0 Å². The number of amides is 2. The molecule has 1 fully saturated rings. The third-order valence-electron chi connectivity index (χ3n) is 3.04. The Bertz CT molecular complexity index is 559. The van der Waals surface area contributed by atoms with Gasteiger partial charge < -0.3 is 20.1 Å². The quantitative estimate of drug-likeness (QED) is 0.834. The van der Waals surface area contributed by atoms with Gasteiger partial charge in [0.15, 0.2) is 0 Å². The summed E-state index contributed by atoms with van der Waals surface area (Å²) in [6, 6.07) is 8.52. The predicted molar refractivity (Wildman–Crippen MR) is 72.8 cm³/mol. The van der Waals surface area contributed by atoms with E-state index in [1.54, 1.807) is 29.2 Å². The number of nitrogens with one attached hydrogen (secondary N) is 1. The summed E-state index contributed by atoms with van der Waals surface area (Å²) in [6.07, 6.45) is -0.173. The van der Waals surface area contributed by atoms with Gasteiger partial charge in [-0.1, -0.05) is 0 Å². The van der Waals surface area contributed by atoms with E-state index >= 15 is 0 Å². The van der Waals surface area contributed by atoms with Crippen molar-refractivity contribution in [1.29, 1.82) is 5.26 Å². The van der Waals surface area contributed by atoms with Crippen molar-refractivity contribution in [2.45, 2.75) is 12.5 Å². The molecular formula is C14H15N3O4. The van der Waals surface area contributed by atoms with Crippen LogP contribution < -0.4 is 10.1 Å². The summed E-state index contributed by atoms with van der Waals surface area (Å²) >= 11 is 0. The van der Waals surface area contributed by atoms with Crippen LogP contribution in [0.25, 0.3) is 0 Å². The number of carboxylic acids is 1. The first kappa shape index (κ1) is 14.7. The second-order valence-corrected chi connectivity index (χ2v) is 4.66. The van der Waals surface area contributed by atoms with E-state index in [-0.39, 0.29) is 25.1 Å². The normalized spacial score (nSPS) is 14.0. The van der Waals surface area contributed by atoms with Gasteiger partial charge in [-0.25, -0.2) is 4.79 Å². The maximum Gasteiger partial charge on any atom is 0.317 e. The van der Waals surface area contributed by atoms with Crippen LogP contribution in [-0.4, -0.2) is 47.7 Å². The van der Waals surface area contributed by atoms with Crippen LogP contribution in [0.5, 0.6) is 5.75 Å². The summed E-state index contributed by atoms with van der Waals surface area (Å²) < 4.78 is 5.65. The molecule has 1 aromatic carbocycles. The molecule has 0 bridgehead atoms. The molecule has 1 aromatic rings. The number of hydrogen-bond donors (Lipinski definition) is 2. The SMILES string of the molecule is N#Cc1ccc(OC2CN(C(=O)NCCC(=O)O)C2)cc1. The van der Waals surface area contributed by atoms with Crippen molar-refractivity contribution in [3.63, 3.8) is 0 Å². The molecular weight excluding hydrogens is 274 g/mol. The fourth-order valence-corrected chi connectivity index (χ4v) is 1.87. The van der Waals surface area contributed by atoms with Crippen molar-refractivity contribution in [2.75, 3.05) is 19.6 Å². The molecule has 2 rings (SSSR count). The number of carbonyl (C=O) groups is 2. The molecule has 110 valence electrons. The smallest absolute Gasteiger partial charge is 0.317 e. The lowest BCUT2D eigenvalue weighted by Crippen LogP contribution is -2.59. The van der Waals surface area contributed by atoms with Crippen LogP contribution in [0, 0.1) is 11.3 Å². The van der Waals surface area contributed by atoms with E-state index in [1.807, 2.05) is 6.07 Å². The Hall–Kier alpha value is -2.75. The minimum atomic E-state index is -0.944. The number of urea groups is 1. The summed E-state index contributed by atoms with van der Waals surface area (Å²) in [4.78, 5) is 23.5. The Morgan fingerprint density at radius 1 is 1.38 bits per heavy atom. The maximum absolute atomic E-state index is 11.6. The number of carbonyl (C=O) groups excluding carboxylic acids is 1. The standard InChI is InChI=1S/C14H15N3O4/c15-7-10-1-3-11(4-2-10)21-12-8-17(9-12)14(20)16-6-5-13(18)19/h1-4,12H,5-6,8-9H2,(H,16,20)(H,18,19). The molecule has 21 heavy (non-hydrogen) atoms. The van der Waals surface area contributed by atoms with Crippen molar-refractivity contribution < 1.29 is 19.4 Å². The number of carboxylic acid groups (broad SMARTS) is 1. The van der Waals surface area contributed by atoms with Gasteiger partial charge in [-0.2, -0.15) is 5.26 Å². The minimum Gasteiger partial charge on any atom is -0.487 e. The summed E-state index contributed by atoms with van der Waals surface area (Å²) in [5.41, 5.74) is 0.565. The highest BCUT2D eigenvalue weighted by Crippen LogP contribution is 2.18. The summed E-state index contributed by atoms with van der Waals surface area (Å²) in [5.74, 6) is -0.286. The second-order valence-electron chi connectivity index (χ2n) is 4.66. The first-order chi connectivity index (χ1) is 10.1. The van der Waals surface area contributed by atoms with E-state index in [4.69, 9.17) is 15.1 Å². The topological polar surface area (TPSA) is 103 Å². The fraction of sp³-hybridized carbons (Fsp3) is 0.357. The number of rotatable bonds is 5. The van der Waals surface area contributed by atoms with Crippen molar-refractivity contribution in [3.05, 3.63) is 29.8 Å². The Kier molecular flexibility index (Phi) is 4.61. The van der Waals surface area contributed by atoms with Crippen LogP contribution in [-0.2, 0) is 4.79 Å². The molecule has 0 aliphatic carbocycles. The van der Waals surface area contributed by atoms with Gasteiger partial charge in [0.2, 0.25) is 0 Å².